The highest BCUT2D eigenvalue weighted by Gasteiger charge is 2.27. The van der Waals surface area contributed by atoms with Gasteiger partial charge in [-0.1, -0.05) is 0 Å². The van der Waals surface area contributed by atoms with Crippen LogP contribution in [0.3, 0.4) is 0 Å². The van der Waals surface area contributed by atoms with Crippen LogP contribution in [0.4, 0.5) is 0 Å². The first kappa shape index (κ1) is 15.1. The van der Waals surface area contributed by atoms with Gasteiger partial charge in [-0.25, -0.2) is 15.0 Å². The molecule has 0 spiro atoms. The highest BCUT2D eigenvalue weighted by atomic mass is 32.1. The molecule has 0 aromatic carbocycles. The Bertz CT molecular complexity index is 697. The first-order valence-electron chi connectivity index (χ1n) is 7.60. The van der Waals surface area contributed by atoms with E-state index in [1.54, 1.807) is 18.3 Å². The summed E-state index contributed by atoms with van der Waals surface area (Å²) in [5, 5.41) is 2.93. The summed E-state index contributed by atoms with van der Waals surface area (Å²) in [4.78, 5) is 27.5. The van der Waals surface area contributed by atoms with Crippen molar-refractivity contribution in [2.75, 3.05) is 6.54 Å². The summed E-state index contributed by atoms with van der Waals surface area (Å²) in [5.74, 6) is 0.849. The van der Waals surface area contributed by atoms with Crippen molar-refractivity contribution in [1.29, 1.82) is 0 Å². The molecule has 116 valence electrons. The Labute approximate surface area is 134 Å². The molecule has 0 N–H and O–H groups in total. The third-order valence-electron chi connectivity index (χ3n) is 3.94. The van der Waals surface area contributed by atoms with Crippen LogP contribution < -0.4 is 0 Å². The van der Waals surface area contributed by atoms with Crippen molar-refractivity contribution in [2.24, 2.45) is 0 Å². The lowest BCUT2D eigenvalue weighted by molar-refractivity contribution is -0.132. The molecule has 1 aliphatic heterocycles. The molecule has 0 saturated carbocycles. The molecule has 1 atom stereocenters. The molecule has 3 heterocycles. The van der Waals surface area contributed by atoms with Crippen molar-refractivity contribution in [3.05, 3.63) is 28.7 Å². The average molecular weight is 316 g/mol. The normalized spacial score (nSPS) is 18.5. The van der Waals surface area contributed by atoms with Gasteiger partial charge in [-0.2, -0.15) is 0 Å². The van der Waals surface area contributed by atoms with E-state index in [2.05, 4.69) is 15.0 Å². The number of carbonyl (C=O) groups is 1. The zero-order valence-corrected chi connectivity index (χ0v) is 14.0. The molecule has 22 heavy (non-hydrogen) atoms. The van der Waals surface area contributed by atoms with Gasteiger partial charge in [0.1, 0.15) is 16.5 Å². The minimum Gasteiger partial charge on any atom is -0.334 e. The number of thiazole rings is 1. The number of nitrogens with zero attached hydrogens (tertiary/aromatic N) is 4. The maximum Gasteiger partial charge on any atom is 0.220 e. The van der Waals surface area contributed by atoms with Crippen molar-refractivity contribution < 1.29 is 4.79 Å². The summed E-state index contributed by atoms with van der Waals surface area (Å²) >= 11 is 1.59. The van der Waals surface area contributed by atoms with Crippen LogP contribution in [-0.2, 0) is 4.79 Å². The van der Waals surface area contributed by atoms with Crippen molar-refractivity contribution in [3.8, 4) is 10.7 Å². The van der Waals surface area contributed by atoms with Gasteiger partial charge in [0.25, 0.3) is 0 Å². The van der Waals surface area contributed by atoms with E-state index in [1.807, 2.05) is 30.2 Å². The Hall–Kier alpha value is -1.82. The van der Waals surface area contributed by atoms with E-state index in [0.29, 0.717) is 0 Å². The van der Waals surface area contributed by atoms with E-state index in [4.69, 9.17) is 0 Å². The number of aromatic nitrogens is 3. The summed E-state index contributed by atoms with van der Waals surface area (Å²) in [6.45, 7) is 6.33. The number of aryl methyl sites for hydroxylation is 2. The minimum atomic E-state index is 0.0627. The summed E-state index contributed by atoms with van der Waals surface area (Å²) in [7, 11) is 0. The van der Waals surface area contributed by atoms with Crippen LogP contribution in [0.25, 0.3) is 10.7 Å². The molecule has 0 radical (unpaired) electrons. The molecule has 1 amide bonds. The number of hydrogen-bond donors (Lipinski definition) is 0. The fourth-order valence-electron chi connectivity index (χ4n) is 2.96. The Morgan fingerprint density at radius 2 is 2.09 bits per heavy atom. The lowest BCUT2D eigenvalue weighted by atomic mass is 9.98. The van der Waals surface area contributed by atoms with Gasteiger partial charge in [0, 0.05) is 24.5 Å². The maximum atomic E-state index is 11.9. The van der Waals surface area contributed by atoms with Gasteiger partial charge in [-0.15, -0.1) is 11.3 Å². The van der Waals surface area contributed by atoms with Crippen LogP contribution in [0.1, 0.15) is 49.4 Å². The molecular formula is C16H20N4OS. The molecule has 1 fully saturated rings. The Morgan fingerprint density at radius 1 is 1.27 bits per heavy atom. The van der Waals surface area contributed by atoms with Crippen LogP contribution in [0.2, 0.25) is 0 Å². The molecule has 3 rings (SSSR count). The third kappa shape index (κ3) is 3.02. The van der Waals surface area contributed by atoms with Crippen LogP contribution in [-0.4, -0.2) is 32.3 Å². The predicted octanol–water partition coefficient (Wildman–Crippen LogP) is 3.29. The molecule has 1 saturated heterocycles. The standard InChI is InChI=1S/C16H20N4OS/c1-10-9-22-16(17-10)14-8-13(18-11(2)19-14)15-6-4-5-7-20(15)12(3)21/h8-9,15H,4-7H2,1-3H3/t15-/m0/s1. The maximum absolute atomic E-state index is 11.9. The number of hydrogen-bond acceptors (Lipinski definition) is 5. The molecule has 0 aliphatic carbocycles. The zero-order chi connectivity index (χ0) is 15.7. The lowest BCUT2D eigenvalue weighted by Crippen LogP contribution is -2.37. The summed E-state index contributed by atoms with van der Waals surface area (Å²) in [6.07, 6.45) is 3.16. The summed E-state index contributed by atoms with van der Waals surface area (Å²) in [5.41, 5.74) is 2.79. The second-order valence-corrected chi connectivity index (χ2v) is 6.60. The van der Waals surface area contributed by atoms with E-state index in [1.165, 1.54) is 0 Å². The molecule has 0 bridgehead atoms. The molecule has 6 heteroatoms. The molecular weight excluding hydrogens is 296 g/mol. The molecule has 5 nitrogen and oxygen atoms in total. The van der Waals surface area contributed by atoms with Crippen molar-refractivity contribution in [1.82, 2.24) is 19.9 Å². The second kappa shape index (κ2) is 6.12. The quantitative estimate of drug-likeness (QED) is 0.853. The van der Waals surface area contributed by atoms with Crippen molar-refractivity contribution >= 4 is 17.2 Å². The molecule has 1 aliphatic rings. The minimum absolute atomic E-state index is 0.0627. The number of piperidine rings is 1. The monoisotopic (exact) mass is 316 g/mol. The van der Waals surface area contributed by atoms with E-state index in [0.717, 1.165) is 53.7 Å². The fourth-order valence-corrected chi connectivity index (χ4v) is 3.72. The van der Waals surface area contributed by atoms with Gasteiger partial charge in [0.2, 0.25) is 5.91 Å². The van der Waals surface area contributed by atoms with Crippen molar-refractivity contribution in [2.45, 2.75) is 46.1 Å². The fraction of sp³-hybridized carbons (Fsp3) is 0.500. The van der Waals surface area contributed by atoms with Crippen LogP contribution in [0.15, 0.2) is 11.4 Å². The highest BCUT2D eigenvalue weighted by Crippen LogP contribution is 2.32. The number of likely N-dealkylation sites (tertiary alicyclic amines) is 1. The van der Waals surface area contributed by atoms with Crippen molar-refractivity contribution in [3.63, 3.8) is 0 Å². The van der Waals surface area contributed by atoms with Crippen LogP contribution >= 0.6 is 11.3 Å². The molecule has 2 aromatic rings. The number of rotatable bonds is 2. The molecule has 0 unspecified atom stereocenters. The van der Waals surface area contributed by atoms with Gasteiger partial charge in [-0.05, 0) is 39.2 Å². The van der Waals surface area contributed by atoms with E-state index in [-0.39, 0.29) is 11.9 Å². The van der Waals surface area contributed by atoms with E-state index < -0.39 is 0 Å². The van der Waals surface area contributed by atoms with Gasteiger partial charge in [0.05, 0.1) is 11.7 Å². The largest absolute Gasteiger partial charge is 0.334 e. The SMILES string of the molecule is CC(=O)N1CCCC[C@H]1c1cc(-c2nc(C)cs2)nc(C)n1. The number of amides is 1. The van der Waals surface area contributed by atoms with Crippen LogP contribution in [0, 0.1) is 13.8 Å². The summed E-state index contributed by atoms with van der Waals surface area (Å²) < 4.78 is 0. The first-order valence-corrected chi connectivity index (χ1v) is 8.48. The Kier molecular flexibility index (Phi) is 4.20. The predicted molar refractivity (Wildman–Crippen MR) is 86.6 cm³/mol. The van der Waals surface area contributed by atoms with Crippen LogP contribution in [0.5, 0.6) is 0 Å². The van der Waals surface area contributed by atoms with Gasteiger partial charge >= 0.3 is 0 Å². The second-order valence-electron chi connectivity index (χ2n) is 5.74. The Balaban J connectivity index is 1.99. The zero-order valence-electron chi connectivity index (χ0n) is 13.2. The highest BCUT2D eigenvalue weighted by molar-refractivity contribution is 7.13. The third-order valence-corrected chi connectivity index (χ3v) is 4.93. The topological polar surface area (TPSA) is 59.0 Å². The van der Waals surface area contributed by atoms with Gasteiger partial charge < -0.3 is 4.90 Å². The lowest BCUT2D eigenvalue weighted by Gasteiger charge is -2.34. The smallest absolute Gasteiger partial charge is 0.220 e. The van der Waals surface area contributed by atoms with Gasteiger partial charge in [0.15, 0.2) is 0 Å². The van der Waals surface area contributed by atoms with E-state index in [9.17, 15) is 4.79 Å². The van der Waals surface area contributed by atoms with Gasteiger partial charge in [-0.3, -0.25) is 4.79 Å². The first-order chi connectivity index (χ1) is 10.5. The summed E-state index contributed by atoms with van der Waals surface area (Å²) in [6, 6.07) is 2.06. The average Bonchev–Trinajstić information content (AvgIpc) is 2.93. The van der Waals surface area contributed by atoms with E-state index >= 15 is 0 Å². The Morgan fingerprint density at radius 3 is 2.77 bits per heavy atom. The molecule has 2 aromatic heterocycles. The number of carbonyl (C=O) groups excluding carboxylic acids is 1.